The minimum Gasteiger partial charge on any atom is -0.468 e. The smallest absolute Gasteiger partial charge is 0.262 e. The number of fused-ring (bicyclic) bond motifs is 1. The molecule has 0 bridgehead atoms. The molecule has 0 unspecified atom stereocenters. The van der Waals surface area contributed by atoms with Gasteiger partial charge in [-0.1, -0.05) is 12.1 Å². The highest BCUT2D eigenvalue weighted by Gasteiger charge is 2.07. The molecular weight excluding hydrogens is 370 g/mol. The number of aromatic nitrogens is 2. The zero-order valence-corrected chi connectivity index (χ0v) is 15.7. The van der Waals surface area contributed by atoms with Gasteiger partial charge in [-0.05, 0) is 36.5 Å². The van der Waals surface area contributed by atoms with Crippen molar-refractivity contribution in [2.45, 2.75) is 18.7 Å². The molecule has 0 saturated carbocycles. The fourth-order valence-corrected chi connectivity index (χ4v) is 3.57. The van der Waals surface area contributed by atoms with Crippen molar-refractivity contribution in [3.05, 3.63) is 63.5 Å². The molecule has 1 aromatic carbocycles. The Bertz CT molecular complexity index is 993. The Hall–Kier alpha value is -2.32. The minimum atomic E-state index is -0.175. The first kappa shape index (κ1) is 18.5. The summed E-state index contributed by atoms with van der Waals surface area (Å²) >= 11 is 6.93. The van der Waals surface area contributed by atoms with E-state index in [1.807, 2.05) is 24.3 Å². The predicted octanol–water partition coefficient (Wildman–Crippen LogP) is 3.09. The van der Waals surface area contributed by atoms with E-state index in [9.17, 15) is 9.59 Å². The molecule has 0 saturated heterocycles. The van der Waals surface area contributed by atoms with Crippen LogP contribution in [0.2, 0.25) is 0 Å². The van der Waals surface area contributed by atoms with Gasteiger partial charge in [0.2, 0.25) is 5.91 Å². The summed E-state index contributed by atoms with van der Waals surface area (Å²) < 4.78 is 7.01. The fraction of sp³-hybridized carbons (Fsp3) is 0.278. The molecule has 0 radical (unpaired) electrons. The number of hydrogen-bond donors (Lipinski definition) is 2. The lowest BCUT2D eigenvalue weighted by Gasteiger charge is -2.08. The molecule has 8 heteroatoms. The Morgan fingerprint density at radius 1 is 1.27 bits per heavy atom. The van der Waals surface area contributed by atoms with E-state index in [0.717, 1.165) is 17.3 Å². The number of furan rings is 1. The number of nitrogens with zero attached hydrogens (tertiary/aromatic N) is 1. The van der Waals surface area contributed by atoms with Gasteiger partial charge < -0.3 is 14.7 Å². The van der Waals surface area contributed by atoms with E-state index < -0.39 is 0 Å². The monoisotopic (exact) mass is 389 g/mol. The van der Waals surface area contributed by atoms with Crippen LogP contribution in [0, 0.1) is 4.77 Å². The normalized spacial score (nSPS) is 10.9. The molecule has 3 rings (SSSR count). The van der Waals surface area contributed by atoms with Crippen molar-refractivity contribution in [3.63, 3.8) is 0 Å². The third-order valence-corrected chi connectivity index (χ3v) is 5.15. The second-order valence-corrected chi connectivity index (χ2v) is 7.16. The number of hydrogen-bond acceptors (Lipinski definition) is 5. The van der Waals surface area contributed by atoms with E-state index in [1.54, 1.807) is 30.2 Å². The van der Waals surface area contributed by atoms with Crippen molar-refractivity contribution < 1.29 is 9.21 Å². The van der Waals surface area contributed by atoms with Gasteiger partial charge in [-0.15, -0.1) is 0 Å². The molecule has 0 spiro atoms. The van der Waals surface area contributed by atoms with Crippen LogP contribution >= 0.6 is 24.0 Å². The standard InChI is InChI=1S/C18H19N3O3S2/c22-16(19-8-11-26-12-13-4-3-10-24-13)7-9-21-17(23)14-5-1-2-6-15(14)20-18(21)25/h1-6,10H,7-9,11-12H2,(H,19,22)(H,20,25). The van der Waals surface area contributed by atoms with Gasteiger partial charge in [-0.25, -0.2) is 0 Å². The maximum atomic E-state index is 12.5. The first-order chi connectivity index (χ1) is 12.6. The van der Waals surface area contributed by atoms with Crippen molar-refractivity contribution in [1.29, 1.82) is 0 Å². The maximum Gasteiger partial charge on any atom is 0.262 e. The molecule has 2 heterocycles. The number of nitrogens with one attached hydrogen (secondary N) is 2. The summed E-state index contributed by atoms with van der Waals surface area (Å²) in [5, 5.41) is 3.42. The number of amides is 1. The third-order valence-electron chi connectivity index (χ3n) is 3.84. The molecule has 0 atom stereocenters. The van der Waals surface area contributed by atoms with Crippen LogP contribution in [0.3, 0.4) is 0 Å². The highest BCUT2D eigenvalue weighted by Crippen LogP contribution is 2.11. The summed E-state index contributed by atoms with van der Waals surface area (Å²) in [5.41, 5.74) is 0.530. The van der Waals surface area contributed by atoms with Crippen LogP contribution in [0.25, 0.3) is 10.9 Å². The van der Waals surface area contributed by atoms with E-state index >= 15 is 0 Å². The molecule has 0 aliphatic rings. The number of benzene rings is 1. The molecule has 2 N–H and O–H groups in total. The van der Waals surface area contributed by atoms with Crippen LogP contribution in [-0.4, -0.2) is 27.8 Å². The van der Waals surface area contributed by atoms with Gasteiger partial charge in [0.15, 0.2) is 4.77 Å². The maximum absolute atomic E-state index is 12.5. The Labute approximate surface area is 159 Å². The van der Waals surface area contributed by atoms with Crippen LogP contribution in [-0.2, 0) is 17.1 Å². The molecule has 0 aliphatic heterocycles. The molecule has 6 nitrogen and oxygen atoms in total. The molecule has 26 heavy (non-hydrogen) atoms. The average Bonchev–Trinajstić information content (AvgIpc) is 3.14. The minimum absolute atomic E-state index is 0.0990. The van der Waals surface area contributed by atoms with Crippen molar-refractivity contribution in [2.24, 2.45) is 0 Å². The van der Waals surface area contributed by atoms with Gasteiger partial charge in [-0.2, -0.15) is 11.8 Å². The van der Waals surface area contributed by atoms with E-state index in [2.05, 4.69) is 10.3 Å². The highest BCUT2D eigenvalue weighted by atomic mass is 32.2. The predicted molar refractivity (Wildman–Crippen MR) is 106 cm³/mol. The summed E-state index contributed by atoms with van der Waals surface area (Å²) in [6.45, 7) is 0.827. The van der Waals surface area contributed by atoms with Gasteiger partial charge >= 0.3 is 0 Å². The van der Waals surface area contributed by atoms with E-state index in [-0.39, 0.29) is 24.4 Å². The molecule has 0 aliphatic carbocycles. The Balaban J connectivity index is 1.48. The SMILES string of the molecule is O=C(CCn1c(=S)[nH]c2ccccc2c1=O)NCCSCc1ccco1. The topological polar surface area (TPSA) is 80.0 Å². The number of para-hydroxylation sites is 1. The van der Waals surface area contributed by atoms with Gasteiger partial charge in [-0.3, -0.25) is 14.2 Å². The number of thioether (sulfide) groups is 1. The molecular formula is C18H19N3O3S2. The summed E-state index contributed by atoms with van der Waals surface area (Å²) in [6.07, 6.45) is 1.86. The first-order valence-electron chi connectivity index (χ1n) is 8.24. The molecule has 0 fully saturated rings. The molecule has 2 aromatic heterocycles. The zero-order chi connectivity index (χ0) is 18.4. The van der Waals surface area contributed by atoms with Gasteiger partial charge in [0.05, 0.1) is 22.9 Å². The summed E-state index contributed by atoms with van der Waals surface area (Å²) in [5.74, 6) is 2.40. The van der Waals surface area contributed by atoms with Gasteiger partial charge in [0.1, 0.15) is 5.76 Å². The summed E-state index contributed by atoms with van der Waals surface area (Å²) in [6, 6.07) is 11.0. The van der Waals surface area contributed by atoms with E-state index in [4.69, 9.17) is 16.6 Å². The molecule has 1 amide bonds. The summed E-state index contributed by atoms with van der Waals surface area (Å²) in [7, 11) is 0. The summed E-state index contributed by atoms with van der Waals surface area (Å²) in [4.78, 5) is 27.5. The van der Waals surface area contributed by atoms with Gasteiger partial charge in [0, 0.05) is 25.3 Å². The zero-order valence-electron chi connectivity index (χ0n) is 14.1. The number of H-pyrrole nitrogens is 1. The van der Waals surface area contributed by atoms with Crippen molar-refractivity contribution in [2.75, 3.05) is 12.3 Å². The van der Waals surface area contributed by atoms with Crippen LogP contribution in [0.1, 0.15) is 12.2 Å². The number of aromatic amines is 1. The van der Waals surface area contributed by atoms with E-state index in [1.165, 1.54) is 4.57 Å². The van der Waals surface area contributed by atoms with E-state index in [0.29, 0.717) is 22.2 Å². The van der Waals surface area contributed by atoms with Crippen LogP contribution in [0.5, 0.6) is 0 Å². The lowest BCUT2D eigenvalue weighted by molar-refractivity contribution is -0.121. The second-order valence-electron chi connectivity index (χ2n) is 5.66. The molecule has 3 aromatic rings. The molecule has 136 valence electrons. The quantitative estimate of drug-likeness (QED) is 0.457. The first-order valence-corrected chi connectivity index (χ1v) is 9.80. The number of carbonyl (C=O) groups excluding carboxylic acids is 1. The van der Waals surface area contributed by atoms with Gasteiger partial charge in [0.25, 0.3) is 5.56 Å². The second kappa shape index (κ2) is 8.86. The largest absolute Gasteiger partial charge is 0.468 e. The average molecular weight is 390 g/mol. The van der Waals surface area contributed by atoms with Crippen molar-refractivity contribution in [3.8, 4) is 0 Å². The number of carbonyl (C=O) groups is 1. The third kappa shape index (κ3) is 4.64. The Morgan fingerprint density at radius 3 is 2.92 bits per heavy atom. The van der Waals surface area contributed by atoms with Crippen LogP contribution in [0.4, 0.5) is 0 Å². The lowest BCUT2D eigenvalue weighted by atomic mass is 10.2. The Kier molecular flexibility index (Phi) is 6.30. The number of rotatable bonds is 8. The van der Waals surface area contributed by atoms with Crippen molar-refractivity contribution in [1.82, 2.24) is 14.9 Å². The van der Waals surface area contributed by atoms with Crippen molar-refractivity contribution >= 4 is 40.8 Å². The lowest BCUT2D eigenvalue weighted by Crippen LogP contribution is -2.29. The van der Waals surface area contributed by atoms with Crippen LogP contribution in [0.15, 0.2) is 51.9 Å². The van der Waals surface area contributed by atoms with Crippen LogP contribution < -0.4 is 10.9 Å². The fourth-order valence-electron chi connectivity index (χ4n) is 2.53. The highest BCUT2D eigenvalue weighted by molar-refractivity contribution is 7.98. The Morgan fingerprint density at radius 2 is 2.12 bits per heavy atom.